The van der Waals surface area contributed by atoms with Crippen LogP contribution in [-0.4, -0.2) is 11.3 Å². The third-order valence-corrected chi connectivity index (χ3v) is 1.04. The molecular weight excluding hydrogens is 134 g/mol. The molecule has 0 aliphatic rings. The first kappa shape index (κ1) is 8.30. The minimum Gasteiger partial charge on any atom is -0.303 e. The van der Waals surface area contributed by atoms with Crippen LogP contribution >= 0.6 is 11.3 Å². The van der Waals surface area contributed by atoms with Crippen LogP contribution in [0.2, 0.25) is 0 Å². The van der Waals surface area contributed by atoms with Gasteiger partial charge in [0.1, 0.15) is 6.29 Å². The Bertz CT molecular complexity index is 110. The van der Waals surface area contributed by atoms with Crippen molar-refractivity contribution in [2.24, 2.45) is 0 Å². The van der Waals surface area contributed by atoms with E-state index in [1.807, 2.05) is 12.3 Å². The molecule has 9 heavy (non-hydrogen) atoms. The number of nitrogens with zero attached hydrogens (tertiary/aromatic N) is 1. The molecule has 1 aromatic heterocycles. The van der Waals surface area contributed by atoms with Gasteiger partial charge in [-0.05, 0) is 0 Å². The Balaban J connectivity index is 0.000000148. The average molecular weight is 143 g/mol. The van der Waals surface area contributed by atoms with Crippen molar-refractivity contribution in [3.05, 3.63) is 17.1 Å². The van der Waals surface area contributed by atoms with E-state index in [1.165, 1.54) is 0 Å². The molecule has 0 atom stereocenters. The Labute approximate surface area is 58.6 Å². The van der Waals surface area contributed by atoms with E-state index in [-0.39, 0.29) is 0 Å². The molecule has 2 nitrogen and oxygen atoms in total. The fraction of sp³-hybridized carbons (Fsp3) is 0.333. The summed E-state index contributed by atoms with van der Waals surface area (Å²) in [6, 6.07) is 0. The normalized spacial score (nSPS) is 7.22. The highest BCUT2D eigenvalue weighted by Crippen LogP contribution is 1.85. The minimum atomic E-state index is 0.639. The standard InChI is InChI=1S/C3H3NS.C3H6O/c1-2-5-3-4-1;1-2-3-4/h1-3H;3H,2H2,1H3. The summed E-state index contributed by atoms with van der Waals surface area (Å²) in [5.74, 6) is 0. The van der Waals surface area contributed by atoms with Crippen LogP contribution in [0.3, 0.4) is 0 Å². The van der Waals surface area contributed by atoms with Crippen molar-refractivity contribution < 1.29 is 4.79 Å². The number of rotatable bonds is 1. The lowest BCUT2D eigenvalue weighted by atomic mass is 10.6. The van der Waals surface area contributed by atoms with Gasteiger partial charge < -0.3 is 4.79 Å². The van der Waals surface area contributed by atoms with Gasteiger partial charge in [-0.3, -0.25) is 4.98 Å². The van der Waals surface area contributed by atoms with Crippen molar-refractivity contribution in [3.63, 3.8) is 0 Å². The van der Waals surface area contributed by atoms with E-state index in [4.69, 9.17) is 0 Å². The molecule has 0 aliphatic heterocycles. The van der Waals surface area contributed by atoms with Crippen molar-refractivity contribution in [2.45, 2.75) is 13.3 Å². The summed E-state index contributed by atoms with van der Waals surface area (Å²) in [7, 11) is 0. The van der Waals surface area contributed by atoms with E-state index in [0.29, 0.717) is 6.42 Å². The van der Waals surface area contributed by atoms with Crippen molar-refractivity contribution in [3.8, 4) is 0 Å². The lowest BCUT2D eigenvalue weighted by Crippen LogP contribution is -1.55. The molecule has 0 N–H and O–H groups in total. The Kier molecular flexibility index (Phi) is 6.73. The molecule has 0 saturated heterocycles. The van der Waals surface area contributed by atoms with Crippen LogP contribution < -0.4 is 0 Å². The van der Waals surface area contributed by atoms with Gasteiger partial charge in [0.05, 0.1) is 5.51 Å². The molecule has 0 bridgehead atoms. The first-order valence-corrected chi connectivity index (χ1v) is 3.62. The van der Waals surface area contributed by atoms with Crippen molar-refractivity contribution in [1.29, 1.82) is 0 Å². The summed E-state index contributed by atoms with van der Waals surface area (Å²) < 4.78 is 0. The summed E-state index contributed by atoms with van der Waals surface area (Å²) in [5, 5.41) is 1.93. The number of hydrogen-bond donors (Lipinski definition) is 0. The maximum atomic E-state index is 9.17. The van der Waals surface area contributed by atoms with Crippen molar-refractivity contribution in [1.82, 2.24) is 4.98 Å². The van der Waals surface area contributed by atoms with Crippen LogP contribution in [0, 0.1) is 0 Å². The molecule has 0 fully saturated rings. The Hall–Kier alpha value is -0.700. The lowest BCUT2D eigenvalue weighted by Gasteiger charge is -1.51. The van der Waals surface area contributed by atoms with Gasteiger partial charge >= 0.3 is 0 Å². The van der Waals surface area contributed by atoms with Crippen molar-refractivity contribution in [2.75, 3.05) is 0 Å². The van der Waals surface area contributed by atoms with Gasteiger partial charge in [-0.15, -0.1) is 11.3 Å². The molecule has 0 radical (unpaired) electrons. The number of carbonyl (C=O) groups is 1. The highest BCUT2D eigenvalue weighted by atomic mass is 32.1. The highest BCUT2D eigenvalue weighted by Gasteiger charge is 1.59. The molecule has 3 heteroatoms. The summed E-state index contributed by atoms with van der Waals surface area (Å²) in [5.41, 5.74) is 1.79. The zero-order valence-corrected chi connectivity index (χ0v) is 6.10. The van der Waals surface area contributed by atoms with Gasteiger partial charge in [-0.1, -0.05) is 6.92 Å². The number of hydrogen-bond acceptors (Lipinski definition) is 3. The highest BCUT2D eigenvalue weighted by molar-refractivity contribution is 7.07. The molecule has 1 aromatic rings. The quantitative estimate of drug-likeness (QED) is 0.560. The van der Waals surface area contributed by atoms with Gasteiger partial charge in [0.15, 0.2) is 0 Å². The van der Waals surface area contributed by atoms with Crippen LogP contribution in [0.4, 0.5) is 0 Å². The molecule has 0 aromatic carbocycles. The van der Waals surface area contributed by atoms with E-state index in [9.17, 15) is 4.79 Å². The predicted molar refractivity (Wildman–Crippen MR) is 38.5 cm³/mol. The smallest absolute Gasteiger partial charge is 0.119 e. The topological polar surface area (TPSA) is 30.0 Å². The molecule has 0 aliphatic carbocycles. The summed E-state index contributed by atoms with van der Waals surface area (Å²) in [6.07, 6.45) is 3.28. The molecule has 50 valence electrons. The minimum absolute atomic E-state index is 0.639. The second-order valence-electron chi connectivity index (χ2n) is 1.25. The monoisotopic (exact) mass is 143 g/mol. The number of aromatic nitrogens is 1. The molecule has 0 saturated carbocycles. The van der Waals surface area contributed by atoms with E-state index in [0.717, 1.165) is 6.29 Å². The van der Waals surface area contributed by atoms with Crippen LogP contribution in [0.5, 0.6) is 0 Å². The van der Waals surface area contributed by atoms with Gasteiger partial charge in [-0.2, -0.15) is 0 Å². The number of aldehydes is 1. The first-order chi connectivity index (χ1) is 4.41. The Morgan fingerprint density at radius 2 is 2.44 bits per heavy atom. The van der Waals surface area contributed by atoms with Gasteiger partial charge in [-0.25, -0.2) is 0 Å². The molecule has 1 rings (SSSR count). The van der Waals surface area contributed by atoms with Crippen LogP contribution in [0.15, 0.2) is 17.1 Å². The van der Waals surface area contributed by atoms with Crippen LogP contribution in [-0.2, 0) is 4.79 Å². The third kappa shape index (κ3) is 7.30. The Morgan fingerprint density at radius 3 is 2.56 bits per heavy atom. The first-order valence-electron chi connectivity index (χ1n) is 2.67. The van der Waals surface area contributed by atoms with Crippen LogP contribution in [0.25, 0.3) is 0 Å². The summed E-state index contributed by atoms with van der Waals surface area (Å²) in [6.45, 7) is 1.81. The van der Waals surface area contributed by atoms with E-state index in [2.05, 4.69) is 4.98 Å². The fourth-order valence-corrected chi connectivity index (χ4v) is 0.527. The largest absolute Gasteiger partial charge is 0.303 e. The van der Waals surface area contributed by atoms with Gasteiger partial charge in [0.2, 0.25) is 0 Å². The second kappa shape index (κ2) is 7.30. The zero-order valence-electron chi connectivity index (χ0n) is 5.28. The summed E-state index contributed by atoms with van der Waals surface area (Å²) in [4.78, 5) is 12.9. The SMILES string of the molecule is CCC=O.c1cscn1. The number of carbonyl (C=O) groups excluding carboxylic acids is 1. The molecular formula is C6H9NOS. The molecule has 0 unspecified atom stereocenters. The van der Waals surface area contributed by atoms with Gasteiger partial charge in [0, 0.05) is 18.0 Å². The maximum Gasteiger partial charge on any atom is 0.119 e. The van der Waals surface area contributed by atoms with Crippen LogP contribution in [0.1, 0.15) is 13.3 Å². The van der Waals surface area contributed by atoms with E-state index in [1.54, 1.807) is 23.0 Å². The Morgan fingerprint density at radius 1 is 1.78 bits per heavy atom. The number of thiazole rings is 1. The lowest BCUT2D eigenvalue weighted by molar-refractivity contribution is -0.107. The molecule has 1 heterocycles. The fourth-order valence-electron chi connectivity index (χ4n) is 0.176. The third-order valence-electron chi connectivity index (χ3n) is 0.514. The zero-order chi connectivity index (χ0) is 6.95. The second-order valence-corrected chi connectivity index (χ2v) is 2.01. The summed E-state index contributed by atoms with van der Waals surface area (Å²) >= 11 is 1.60. The van der Waals surface area contributed by atoms with E-state index >= 15 is 0 Å². The molecule has 0 spiro atoms. The maximum absolute atomic E-state index is 9.17. The van der Waals surface area contributed by atoms with E-state index < -0.39 is 0 Å². The van der Waals surface area contributed by atoms with Crippen molar-refractivity contribution >= 4 is 17.6 Å². The molecule has 0 amide bonds. The van der Waals surface area contributed by atoms with Gasteiger partial charge in [0.25, 0.3) is 0 Å². The average Bonchev–Trinajstić information content (AvgIpc) is 2.43. The predicted octanol–water partition coefficient (Wildman–Crippen LogP) is 1.74.